The second-order valence-electron chi connectivity index (χ2n) is 4.06. The van der Waals surface area contributed by atoms with Gasteiger partial charge in [0.05, 0.1) is 9.75 Å². The third-order valence-corrected chi connectivity index (χ3v) is 6.52. The molecule has 2 fully saturated rings. The Hall–Kier alpha value is 1.16. The quantitative estimate of drug-likeness (QED) is 0.569. The van der Waals surface area contributed by atoms with Crippen molar-refractivity contribution in [2.75, 3.05) is 0 Å². The van der Waals surface area contributed by atoms with E-state index in [1.807, 2.05) is 6.92 Å². The summed E-state index contributed by atoms with van der Waals surface area (Å²) < 4.78 is -0.980. The Morgan fingerprint density at radius 1 is 1.17 bits per heavy atom. The molecule has 2 rings (SSSR count). The Bertz CT molecular complexity index is 216. The maximum Gasteiger partial charge on any atom is 0.156 e. The van der Waals surface area contributed by atoms with Crippen LogP contribution in [0.1, 0.15) is 26.2 Å². The maximum atomic E-state index is 6.32. The normalized spacial score (nSPS) is 56.2. The lowest BCUT2D eigenvalue weighted by Crippen LogP contribution is -2.50. The molecule has 0 spiro atoms. The first-order valence-corrected chi connectivity index (χ1v) is 5.58. The Labute approximate surface area is 92.5 Å². The smallest absolute Gasteiger partial charge is 0.116 e. The zero-order valence-electron chi connectivity index (χ0n) is 6.71. The summed E-state index contributed by atoms with van der Waals surface area (Å²) >= 11 is 25.0. The van der Waals surface area contributed by atoms with E-state index in [4.69, 9.17) is 46.4 Å². The van der Waals surface area contributed by atoms with E-state index in [-0.39, 0.29) is 0 Å². The third kappa shape index (κ3) is 0.881. The summed E-state index contributed by atoms with van der Waals surface area (Å²) in [5.74, 6) is 0.367. The van der Waals surface area contributed by atoms with Gasteiger partial charge in [-0.15, -0.1) is 23.2 Å². The van der Waals surface area contributed by atoms with Gasteiger partial charge in [-0.1, -0.05) is 23.2 Å². The molecule has 2 aliphatic rings. The summed E-state index contributed by atoms with van der Waals surface area (Å²) in [6.07, 6.45) is 2.78. The van der Waals surface area contributed by atoms with Crippen LogP contribution in [0.2, 0.25) is 0 Å². The summed E-state index contributed by atoms with van der Waals surface area (Å²) in [6.45, 7) is 1.89. The van der Waals surface area contributed by atoms with Crippen molar-refractivity contribution in [1.82, 2.24) is 0 Å². The van der Waals surface area contributed by atoms with Gasteiger partial charge >= 0.3 is 0 Å². The fourth-order valence-corrected chi connectivity index (χ4v) is 4.00. The van der Waals surface area contributed by atoms with Crippen molar-refractivity contribution in [3.8, 4) is 0 Å². The lowest BCUT2D eigenvalue weighted by molar-refractivity contribution is 0.379. The summed E-state index contributed by atoms with van der Waals surface area (Å²) in [7, 11) is 0. The van der Waals surface area contributed by atoms with E-state index in [2.05, 4.69) is 0 Å². The van der Waals surface area contributed by atoms with Crippen LogP contribution < -0.4 is 0 Å². The van der Waals surface area contributed by atoms with E-state index in [1.165, 1.54) is 0 Å². The van der Waals surface area contributed by atoms with Crippen LogP contribution in [0.4, 0.5) is 0 Å². The Balaban J connectivity index is 2.46. The molecule has 0 aromatic carbocycles. The molecule has 0 nitrogen and oxygen atoms in total. The molecule has 70 valence electrons. The molecule has 2 aliphatic carbocycles. The molecule has 0 radical (unpaired) electrons. The molecule has 2 saturated carbocycles. The number of rotatable bonds is 0. The zero-order valence-corrected chi connectivity index (χ0v) is 9.73. The molecule has 0 saturated heterocycles. The summed E-state index contributed by atoms with van der Waals surface area (Å²) in [6, 6.07) is 0. The molecular formula is C8H10Cl4. The number of halogens is 4. The van der Waals surface area contributed by atoms with Crippen LogP contribution in [0, 0.1) is 5.92 Å². The lowest BCUT2D eigenvalue weighted by atomic mass is 9.88. The van der Waals surface area contributed by atoms with Gasteiger partial charge in [-0.2, -0.15) is 0 Å². The molecule has 12 heavy (non-hydrogen) atoms. The highest BCUT2D eigenvalue weighted by atomic mass is 35.5. The van der Waals surface area contributed by atoms with Gasteiger partial charge in [0.2, 0.25) is 0 Å². The van der Waals surface area contributed by atoms with Crippen molar-refractivity contribution in [3.63, 3.8) is 0 Å². The lowest BCUT2D eigenvalue weighted by Gasteiger charge is -2.42. The molecule has 3 atom stereocenters. The summed E-state index contributed by atoms with van der Waals surface area (Å²) in [5.41, 5.74) is 0. The zero-order chi connectivity index (χ0) is 9.20. The minimum atomic E-state index is -0.980. The number of alkyl halides is 4. The van der Waals surface area contributed by atoms with Gasteiger partial charge in [-0.3, -0.25) is 0 Å². The molecule has 0 amide bonds. The fourth-order valence-electron chi connectivity index (χ4n) is 2.44. The predicted molar refractivity (Wildman–Crippen MR) is 54.6 cm³/mol. The van der Waals surface area contributed by atoms with Gasteiger partial charge < -0.3 is 0 Å². The Morgan fingerprint density at radius 2 is 1.75 bits per heavy atom. The first kappa shape index (κ1) is 9.71. The van der Waals surface area contributed by atoms with Crippen molar-refractivity contribution < 1.29 is 0 Å². The molecule has 0 aliphatic heterocycles. The first-order valence-electron chi connectivity index (χ1n) is 4.07. The van der Waals surface area contributed by atoms with Gasteiger partial charge in [-0.05, 0) is 32.1 Å². The van der Waals surface area contributed by atoms with Gasteiger partial charge in [0.25, 0.3) is 0 Å². The van der Waals surface area contributed by atoms with E-state index in [0.717, 1.165) is 19.3 Å². The fraction of sp³-hybridized carbons (Fsp3) is 1.00. The van der Waals surface area contributed by atoms with Crippen LogP contribution in [0.5, 0.6) is 0 Å². The molecule has 0 aromatic heterocycles. The average molecular weight is 248 g/mol. The minimum absolute atomic E-state index is 0.367. The van der Waals surface area contributed by atoms with Gasteiger partial charge in [-0.25, -0.2) is 0 Å². The van der Waals surface area contributed by atoms with Crippen molar-refractivity contribution in [2.24, 2.45) is 5.92 Å². The van der Waals surface area contributed by atoms with Crippen LogP contribution in [0.15, 0.2) is 0 Å². The van der Waals surface area contributed by atoms with Crippen LogP contribution in [-0.2, 0) is 0 Å². The second-order valence-corrected chi connectivity index (χ2v) is 6.89. The van der Waals surface area contributed by atoms with Crippen molar-refractivity contribution in [1.29, 1.82) is 0 Å². The van der Waals surface area contributed by atoms with Crippen molar-refractivity contribution >= 4 is 46.4 Å². The van der Waals surface area contributed by atoms with Crippen LogP contribution in [0.3, 0.4) is 0 Å². The number of fused-ring (bicyclic) bond motifs is 2. The minimum Gasteiger partial charge on any atom is -0.116 e. The number of hydrogen-bond donors (Lipinski definition) is 0. The second kappa shape index (κ2) is 2.39. The van der Waals surface area contributed by atoms with Crippen molar-refractivity contribution in [2.45, 2.75) is 40.3 Å². The van der Waals surface area contributed by atoms with E-state index < -0.39 is 14.1 Å². The van der Waals surface area contributed by atoms with Gasteiger partial charge in [0, 0.05) is 0 Å². The van der Waals surface area contributed by atoms with E-state index >= 15 is 0 Å². The molecular weight excluding hydrogens is 238 g/mol. The van der Waals surface area contributed by atoms with Crippen LogP contribution in [-0.4, -0.2) is 14.1 Å². The average Bonchev–Trinajstić information content (AvgIpc) is 2.36. The molecule has 0 aromatic rings. The van der Waals surface area contributed by atoms with Gasteiger partial charge in [0.1, 0.15) is 0 Å². The Kier molecular flexibility index (Phi) is 1.93. The van der Waals surface area contributed by atoms with E-state index in [9.17, 15) is 0 Å². The summed E-state index contributed by atoms with van der Waals surface area (Å²) in [4.78, 5) is -1.05. The van der Waals surface area contributed by atoms with Crippen LogP contribution >= 0.6 is 46.4 Å². The molecule has 0 heterocycles. The highest BCUT2D eigenvalue weighted by Gasteiger charge is 2.71. The maximum absolute atomic E-state index is 6.32. The largest absolute Gasteiger partial charge is 0.156 e. The third-order valence-electron chi connectivity index (χ3n) is 3.40. The monoisotopic (exact) mass is 246 g/mol. The molecule has 2 bridgehead atoms. The predicted octanol–water partition coefficient (Wildman–Crippen LogP) is 3.95. The van der Waals surface area contributed by atoms with E-state index in [1.54, 1.807) is 0 Å². The highest BCUT2D eigenvalue weighted by Crippen LogP contribution is 2.69. The first-order chi connectivity index (χ1) is 5.31. The highest BCUT2D eigenvalue weighted by molar-refractivity contribution is 6.58. The standard InChI is InChI=1S/C8H10Cl4/c1-6(9)5-2-3-7(10,4-5)8(6,11)12/h5H,2-4H2,1H3. The topological polar surface area (TPSA) is 0 Å². The number of hydrogen-bond acceptors (Lipinski definition) is 0. The molecule has 3 unspecified atom stereocenters. The SMILES string of the molecule is CC1(Cl)C2CCC(Cl)(C2)C1(Cl)Cl. The van der Waals surface area contributed by atoms with E-state index in [0.29, 0.717) is 5.92 Å². The summed E-state index contributed by atoms with van der Waals surface area (Å²) in [5, 5.41) is 0. The van der Waals surface area contributed by atoms with Crippen LogP contribution in [0.25, 0.3) is 0 Å². The molecule has 4 heteroatoms. The van der Waals surface area contributed by atoms with Gasteiger partial charge in [0.15, 0.2) is 4.33 Å². The molecule has 0 N–H and O–H groups in total. The van der Waals surface area contributed by atoms with Crippen molar-refractivity contribution in [3.05, 3.63) is 0 Å². The Morgan fingerprint density at radius 3 is 2.00 bits per heavy atom.